The lowest BCUT2D eigenvalue weighted by atomic mass is 9.92. The Hall–Kier alpha value is 0.160. The van der Waals surface area contributed by atoms with Crippen LogP contribution in [0.5, 0.6) is 0 Å². The normalized spacial score (nSPS) is 16.8. The summed E-state index contributed by atoms with van der Waals surface area (Å²) in [6.07, 6.45) is 2.70. The molecule has 2 atom stereocenters. The number of nitrogens with one attached hydrogen (secondary N) is 1. The van der Waals surface area contributed by atoms with Gasteiger partial charge in [0.05, 0.1) is 5.75 Å². The van der Waals surface area contributed by atoms with E-state index < -0.39 is 15.6 Å². The summed E-state index contributed by atoms with van der Waals surface area (Å²) in [4.78, 5) is 0. The van der Waals surface area contributed by atoms with Gasteiger partial charge in [0.25, 0.3) is 0 Å². The Morgan fingerprint density at radius 2 is 1.79 bits per heavy atom. The molecule has 0 spiro atoms. The predicted molar refractivity (Wildman–Crippen MR) is 85.2 cm³/mol. The average molecular weight is 315 g/mol. The molecule has 6 heteroatoms. The molecule has 0 rings (SSSR count). The van der Waals surface area contributed by atoms with Crippen LogP contribution in [0.1, 0.15) is 53.9 Å². The first kappa shape index (κ1) is 21.5. The van der Waals surface area contributed by atoms with Gasteiger partial charge in [-0.15, -0.1) is 12.4 Å². The second-order valence-corrected chi connectivity index (χ2v) is 7.91. The highest BCUT2D eigenvalue weighted by Crippen LogP contribution is 2.18. The van der Waals surface area contributed by atoms with Gasteiger partial charge in [0, 0.05) is 12.1 Å². The van der Waals surface area contributed by atoms with Crippen LogP contribution in [0.15, 0.2) is 0 Å². The monoisotopic (exact) mass is 314 g/mol. The Balaban J connectivity index is 0. The number of hydrogen-bond acceptors (Lipinski definition) is 3. The molecule has 0 radical (unpaired) electrons. The van der Waals surface area contributed by atoms with E-state index in [1.54, 1.807) is 0 Å². The lowest BCUT2D eigenvalue weighted by molar-refractivity contribution is 0.343. The fourth-order valence-corrected chi connectivity index (χ4v) is 4.35. The SMILES string of the molecule is CCCC(C)CS(=O)(=O)NC(C)(CN)CC(C)C.Cl. The van der Waals surface area contributed by atoms with E-state index in [4.69, 9.17) is 5.73 Å². The molecule has 0 amide bonds. The molecule has 0 fully saturated rings. The highest BCUT2D eigenvalue weighted by Gasteiger charge is 2.29. The van der Waals surface area contributed by atoms with Crippen molar-refractivity contribution in [1.29, 1.82) is 0 Å². The number of halogens is 1. The summed E-state index contributed by atoms with van der Waals surface area (Å²) in [5.74, 6) is 0.789. The molecule has 0 aromatic heterocycles. The van der Waals surface area contributed by atoms with E-state index in [0.29, 0.717) is 12.5 Å². The van der Waals surface area contributed by atoms with Crippen LogP contribution in [0.4, 0.5) is 0 Å². The topological polar surface area (TPSA) is 72.2 Å². The van der Waals surface area contributed by atoms with Gasteiger partial charge in [-0.25, -0.2) is 13.1 Å². The maximum atomic E-state index is 12.1. The van der Waals surface area contributed by atoms with E-state index in [2.05, 4.69) is 25.5 Å². The van der Waals surface area contributed by atoms with Crippen LogP contribution in [0.3, 0.4) is 0 Å². The van der Waals surface area contributed by atoms with Gasteiger partial charge in [-0.05, 0) is 31.6 Å². The van der Waals surface area contributed by atoms with Crippen LogP contribution >= 0.6 is 12.4 Å². The van der Waals surface area contributed by atoms with E-state index in [1.807, 2.05) is 13.8 Å². The zero-order chi connectivity index (χ0) is 14.4. The highest BCUT2D eigenvalue weighted by atomic mass is 35.5. The van der Waals surface area contributed by atoms with E-state index in [1.165, 1.54) is 0 Å². The molecule has 0 saturated carbocycles. The Kier molecular flexibility index (Phi) is 10.3. The van der Waals surface area contributed by atoms with Crippen molar-refractivity contribution in [2.45, 2.75) is 59.4 Å². The second kappa shape index (κ2) is 9.16. The van der Waals surface area contributed by atoms with Crippen molar-refractivity contribution in [1.82, 2.24) is 4.72 Å². The van der Waals surface area contributed by atoms with Crippen molar-refractivity contribution in [3.63, 3.8) is 0 Å². The zero-order valence-corrected chi connectivity index (χ0v) is 14.5. The maximum absolute atomic E-state index is 12.1. The van der Waals surface area contributed by atoms with Gasteiger partial charge in [0.2, 0.25) is 10.0 Å². The molecule has 0 heterocycles. The van der Waals surface area contributed by atoms with Gasteiger partial charge in [0.1, 0.15) is 0 Å². The average Bonchev–Trinajstić information content (AvgIpc) is 2.14. The minimum Gasteiger partial charge on any atom is -0.329 e. The van der Waals surface area contributed by atoms with Crippen molar-refractivity contribution in [2.24, 2.45) is 17.6 Å². The first-order valence-electron chi connectivity index (χ1n) is 6.86. The predicted octanol–water partition coefficient (Wildman–Crippen LogP) is 2.53. The molecule has 0 aromatic rings. The highest BCUT2D eigenvalue weighted by molar-refractivity contribution is 7.89. The summed E-state index contributed by atoms with van der Waals surface area (Å²) in [6.45, 7) is 10.4. The standard InChI is InChI=1S/C13H30N2O2S.ClH/c1-6-7-12(4)9-18(16,17)15-13(5,10-14)8-11(2)3;/h11-12,15H,6-10,14H2,1-5H3;1H. The zero-order valence-electron chi connectivity index (χ0n) is 12.9. The van der Waals surface area contributed by atoms with Crippen LogP contribution in [0.2, 0.25) is 0 Å². The van der Waals surface area contributed by atoms with Gasteiger partial charge in [-0.3, -0.25) is 0 Å². The Morgan fingerprint density at radius 1 is 1.26 bits per heavy atom. The quantitative estimate of drug-likeness (QED) is 0.687. The molecule has 118 valence electrons. The minimum absolute atomic E-state index is 0. The minimum atomic E-state index is -3.25. The smallest absolute Gasteiger partial charge is 0.212 e. The number of sulfonamides is 1. The first-order valence-corrected chi connectivity index (χ1v) is 8.51. The maximum Gasteiger partial charge on any atom is 0.212 e. The summed E-state index contributed by atoms with van der Waals surface area (Å²) in [5, 5.41) is 0. The van der Waals surface area contributed by atoms with Gasteiger partial charge in [-0.2, -0.15) is 0 Å². The van der Waals surface area contributed by atoms with E-state index >= 15 is 0 Å². The third-order valence-corrected chi connectivity index (χ3v) is 4.81. The third kappa shape index (κ3) is 9.66. The molecule has 0 bridgehead atoms. The fourth-order valence-electron chi connectivity index (χ4n) is 2.44. The van der Waals surface area contributed by atoms with Crippen LogP contribution in [-0.2, 0) is 10.0 Å². The van der Waals surface area contributed by atoms with Gasteiger partial charge in [-0.1, -0.05) is 34.1 Å². The molecule has 19 heavy (non-hydrogen) atoms. The number of nitrogens with two attached hydrogens (primary N) is 1. The molecule has 3 N–H and O–H groups in total. The van der Waals surface area contributed by atoms with Gasteiger partial charge in [0.15, 0.2) is 0 Å². The van der Waals surface area contributed by atoms with Crippen LogP contribution in [0, 0.1) is 11.8 Å². The molecule has 0 aliphatic carbocycles. The Bertz CT molecular complexity index is 334. The fraction of sp³-hybridized carbons (Fsp3) is 1.00. The molecule has 0 saturated heterocycles. The van der Waals surface area contributed by atoms with Crippen LogP contribution < -0.4 is 10.5 Å². The molecule has 0 aliphatic rings. The second-order valence-electron chi connectivity index (χ2n) is 6.14. The molecular weight excluding hydrogens is 284 g/mol. The number of rotatable bonds is 9. The largest absolute Gasteiger partial charge is 0.329 e. The molecule has 2 unspecified atom stereocenters. The van der Waals surface area contributed by atoms with Gasteiger partial charge < -0.3 is 5.73 Å². The molecule has 0 aromatic carbocycles. The van der Waals surface area contributed by atoms with Crippen molar-refractivity contribution in [3.8, 4) is 0 Å². The summed E-state index contributed by atoms with van der Waals surface area (Å²) in [5.41, 5.74) is 5.20. The third-order valence-electron chi connectivity index (χ3n) is 3.00. The van der Waals surface area contributed by atoms with Crippen molar-refractivity contribution in [2.75, 3.05) is 12.3 Å². The molecule has 4 nitrogen and oxygen atoms in total. The van der Waals surface area contributed by atoms with Crippen molar-refractivity contribution in [3.05, 3.63) is 0 Å². The first-order chi connectivity index (χ1) is 8.14. The Morgan fingerprint density at radius 3 is 2.16 bits per heavy atom. The molecular formula is C13H31ClN2O2S. The lowest BCUT2D eigenvalue weighted by Gasteiger charge is -2.31. The van der Waals surface area contributed by atoms with E-state index in [9.17, 15) is 8.42 Å². The summed E-state index contributed by atoms with van der Waals surface area (Å²) in [7, 11) is -3.25. The summed E-state index contributed by atoms with van der Waals surface area (Å²) >= 11 is 0. The molecule has 0 aliphatic heterocycles. The van der Waals surface area contributed by atoms with Crippen LogP contribution in [0.25, 0.3) is 0 Å². The van der Waals surface area contributed by atoms with Crippen molar-refractivity contribution >= 4 is 22.4 Å². The lowest BCUT2D eigenvalue weighted by Crippen LogP contribution is -2.53. The Labute approximate surface area is 125 Å². The van der Waals surface area contributed by atoms with E-state index in [-0.39, 0.29) is 24.1 Å². The van der Waals surface area contributed by atoms with Crippen molar-refractivity contribution < 1.29 is 8.42 Å². The van der Waals surface area contributed by atoms with Crippen LogP contribution in [-0.4, -0.2) is 26.3 Å². The number of hydrogen-bond donors (Lipinski definition) is 2. The van der Waals surface area contributed by atoms with Gasteiger partial charge >= 0.3 is 0 Å². The summed E-state index contributed by atoms with van der Waals surface area (Å²) in [6, 6.07) is 0. The van der Waals surface area contributed by atoms with E-state index in [0.717, 1.165) is 19.3 Å². The summed E-state index contributed by atoms with van der Waals surface area (Å²) < 4.78 is 27.0.